The second-order valence-corrected chi connectivity index (χ2v) is 3.55. The first-order valence-corrected chi connectivity index (χ1v) is 5.94. The summed E-state index contributed by atoms with van der Waals surface area (Å²) in [5.41, 5.74) is 2.82. The Morgan fingerprint density at radius 1 is 1.00 bits per heavy atom. The number of hydrogen-bond acceptors (Lipinski definition) is 4. The van der Waals surface area contributed by atoms with Crippen LogP contribution in [0.2, 0.25) is 0 Å². The Kier molecular flexibility index (Phi) is 9.00. The van der Waals surface area contributed by atoms with Gasteiger partial charge in [-0.3, -0.25) is 11.3 Å². The topological polar surface area (TPSA) is 56.5 Å². The Morgan fingerprint density at radius 2 is 1.47 bits per heavy atom. The molecule has 0 aromatic heterocycles. The molecule has 0 aliphatic rings. The smallest absolute Gasteiger partial charge is 0.174 e. The van der Waals surface area contributed by atoms with E-state index in [0.717, 1.165) is 12.8 Å². The van der Waals surface area contributed by atoms with E-state index in [2.05, 4.69) is 19.3 Å². The molecule has 0 heterocycles. The third-order valence-corrected chi connectivity index (χ3v) is 2.70. The van der Waals surface area contributed by atoms with Crippen LogP contribution in [0, 0.1) is 5.92 Å². The number of ether oxygens (including phenoxy) is 2. The molecule has 4 heteroatoms. The summed E-state index contributed by atoms with van der Waals surface area (Å²) >= 11 is 0. The fraction of sp³-hybridized carbons (Fsp3) is 1.00. The molecule has 0 saturated carbocycles. The van der Waals surface area contributed by atoms with Gasteiger partial charge in [-0.1, -0.05) is 26.7 Å². The quantitative estimate of drug-likeness (QED) is 0.351. The van der Waals surface area contributed by atoms with Crippen LogP contribution in [0.3, 0.4) is 0 Å². The first-order chi connectivity index (χ1) is 7.24. The van der Waals surface area contributed by atoms with Crippen molar-refractivity contribution in [3.63, 3.8) is 0 Å². The number of rotatable bonds is 9. The average Bonchev–Trinajstić information content (AvgIpc) is 2.25. The lowest BCUT2D eigenvalue weighted by Crippen LogP contribution is -2.50. The normalized spacial score (nSPS) is 13.8. The molecule has 0 radical (unpaired) electrons. The second-order valence-electron chi connectivity index (χ2n) is 3.55. The molecule has 0 rings (SSSR count). The first-order valence-electron chi connectivity index (χ1n) is 5.94. The lowest BCUT2D eigenvalue weighted by atomic mass is 9.94. The lowest BCUT2D eigenvalue weighted by Gasteiger charge is -2.31. The van der Waals surface area contributed by atoms with Crippen LogP contribution >= 0.6 is 0 Å². The van der Waals surface area contributed by atoms with E-state index in [4.69, 9.17) is 15.3 Å². The summed E-state index contributed by atoms with van der Waals surface area (Å²) in [6.45, 7) is 9.53. The van der Waals surface area contributed by atoms with Crippen molar-refractivity contribution in [3.8, 4) is 0 Å². The second kappa shape index (κ2) is 9.09. The Hall–Kier alpha value is -0.160. The maximum absolute atomic E-state index is 5.58. The molecule has 0 saturated heterocycles. The summed E-state index contributed by atoms with van der Waals surface area (Å²) in [4.78, 5) is 0. The maximum atomic E-state index is 5.58. The minimum Gasteiger partial charge on any atom is -0.351 e. The largest absolute Gasteiger partial charge is 0.351 e. The van der Waals surface area contributed by atoms with Gasteiger partial charge in [0, 0.05) is 13.2 Å². The van der Waals surface area contributed by atoms with Crippen molar-refractivity contribution in [3.05, 3.63) is 0 Å². The van der Waals surface area contributed by atoms with Crippen molar-refractivity contribution in [2.24, 2.45) is 11.8 Å². The summed E-state index contributed by atoms with van der Waals surface area (Å²) in [5, 5.41) is 0. The molecule has 0 amide bonds. The van der Waals surface area contributed by atoms with E-state index in [1.165, 1.54) is 0 Å². The molecule has 0 aliphatic heterocycles. The Labute approximate surface area is 93.5 Å². The minimum absolute atomic E-state index is 0.0694. The van der Waals surface area contributed by atoms with E-state index in [1.807, 2.05) is 13.8 Å². The molecule has 15 heavy (non-hydrogen) atoms. The predicted octanol–water partition coefficient (Wildman–Crippen LogP) is 1.65. The molecular weight excluding hydrogens is 192 g/mol. The van der Waals surface area contributed by atoms with E-state index < -0.39 is 0 Å². The van der Waals surface area contributed by atoms with Gasteiger partial charge in [0.2, 0.25) is 0 Å². The average molecular weight is 218 g/mol. The molecule has 1 unspecified atom stereocenters. The van der Waals surface area contributed by atoms with Crippen molar-refractivity contribution in [1.29, 1.82) is 0 Å². The molecule has 0 bridgehead atoms. The van der Waals surface area contributed by atoms with E-state index in [9.17, 15) is 0 Å². The molecule has 1 atom stereocenters. The Balaban J connectivity index is 4.40. The van der Waals surface area contributed by atoms with Crippen molar-refractivity contribution in [2.75, 3.05) is 13.2 Å². The third kappa shape index (κ3) is 4.93. The monoisotopic (exact) mass is 218 g/mol. The van der Waals surface area contributed by atoms with Crippen LogP contribution < -0.4 is 11.3 Å². The van der Waals surface area contributed by atoms with Crippen LogP contribution in [0.1, 0.15) is 40.5 Å². The highest BCUT2D eigenvalue weighted by atomic mass is 16.7. The summed E-state index contributed by atoms with van der Waals surface area (Å²) in [5.74, 6) is 6.06. The van der Waals surface area contributed by atoms with Gasteiger partial charge in [-0.2, -0.15) is 0 Å². The van der Waals surface area contributed by atoms with Gasteiger partial charge in [-0.25, -0.2) is 0 Å². The zero-order valence-electron chi connectivity index (χ0n) is 10.5. The van der Waals surface area contributed by atoms with Crippen molar-refractivity contribution in [1.82, 2.24) is 5.43 Å². The molecule has 0 fully saturated rings. The highest BCUT2D eigenvalue weighted by Gasteiger charge is 2.27. The molecule has 0 aromatic carbocycles. The standard InChI is InChI=1S/C11H26N2O2/c1-5-9(6-2)10(13-12)11(14-7-3)15-8-4/h9-11,13H,5-8,12H2,1-4H3. The molecule has 4 nitrogen and oxygen atoms in total. The van der Waals surface area contributed by atoms with Crippen LogP contribution in [0.15, 0.2) is 0 Å². The highest BCUT2D eigenvalue weighted by Crippen LogP contribution is 2.18. The van der Waals surface area contributed by atoms with Gasteiger partial charge in [-0.05, 0) is 19.8 Å². The molecule has 92 valence electrons. The van der Waals surface area contributed by atoms with Gasteiger partial charge < -0.3 is 9.47 Å². The van der Waals surface area contributed by atoms with Gasteiger partial charge in [0.1, 0.15) is 0 Å². The Bertz CT molecular complexity index is 135. The fourth-order valence-corrected chi connectivity index (χ4v) is 1.82. The number of nitrogens with one attached hydrogen (secondary N) is 1. The summed E-state index contributed by atoms with van der Waals surface area (Å²) in [6, 6.07) is 0.0694. The van der Waals surface area contributed by atoms with E-state index in [-0.39, 0.29) is 12.3 Å². The number of hydrogen-bond donors (Lipinski definition) is 2. The summed E-state index contributed by atoms with van der Waals surface area (Å²) in [6.07, 6.45) is 1.90. The van der Waals surface area contributed by atoms with Gasteiger partial charge in [0.15, 0.2) is 6.29 Å². The summed E-state index contributed by atoms with van der Waals surface area (Å²) in [7, 11) is 0. The van der Waals surface area contributed by atoms with Gasteiger partial charge in [0.05, 0.1) is 6.04 Å². The Morgan fingerprint density at radius 3 is 1.73 bits per heavy atom. The molecular formula is C11H26N2O2. The van der Waals surface area contributed by atoms with Crippen LogP contribution in [-0.2, 0) is 9.47 Å². The van der Waals surface area contributed by atoms with Crippen LogP contribution in [-0.4, -0.2) is 25.5 Å². The maximum Gasteiger partial charge on any atom is 0.174 e. The SMILES string of the molecule is CCOC(OCC)C(NN)C(CC)CC. The number of nitrogens with two attached hydrogens (primary N) is 1. The predicted molar refractivity (Wildman–Crippen MR) is 62.2 cm³/mol. The molecule has 3 N–H and O–H groups in total. The fourth-order valence-electron chi connectivity index (χ4n) is 1.82. The number of hydrazine groups is 1. The van der Waals surface area contributed by atoms with Gasteiger partial charge >= 0.3 is 0 Å². The molecule has 0 aromatic rings. The minimum atomic E-state index is -0.241. The summed E-state index contributed by atoms with van der Waals surface area (Å²) < 4.78 is 11.1. The van der Waals surface area contributed by atoms with Crippen molar-refractivity contribution in [2.45, 2.75) is 52.9 Å². The van der Waals surface area contributed by atoms with Crippen molar-refractivity contribution >= 4 is 0 Å². The van der Waals surface area contributed by atoms with Crippen molar-refractivity contribution < 1.29 is 9.47 Å². The van der Waals surface area contributed by atoms with Gasteiger partial charge in [-0.15, -0.1) is 0 Å². The molecule has 0 spiro atoms. The van der Waals surface area contributed by atoms with E-state index in [1.54, 1.807) is 0 Å². The lowest BCUT2D eigenvalue weighted by molar-refractivity contribution is -0.163. The van der Waals surface area contributed by atoms with Gasteiger partial charge in [0.25, 0.3) is 0 Å². The zero-order chi connectivity index (χ0) is 11.7. The highest BCUT2D eigenvalue weighted by molar-refractivity contribution is 4.76. The van der Waals surface area contributed by atoms with E-state index >= 15 is 0 Å². The van der Waals surface area contributed by atoms with Crippen LogP contribution in [0.25, 0.3) is 0 Å². The van der Waals surface area contributed by atoms with Crippen LogP contribution in [0.4, 0.5) is 0 Å². The van der Waals surface area contributed by atoms with Crippen LogP contribution in [0.5, 0.6) is 0 Å². The molecule has 0 aliphatic carbocycles. The zero-order valence-corrected chi connectivity index (χ0v) is 10.5. The van der Waals surface area contributed by atoms with E-state index in [0.29, 0.717) is 19.1 Å². The first kappa shape index (κ1) is 14.8. The third-order valence-electron chi connectivity index (χ3n) is 2.70.